The zero-order valence-corrected chi connectivity index (χ0v) is 14.5. The standard InChI is InChI=1S/C15H21BrN2O2S/c1-2-11-8-14(11)18-21(19,20)15-7-10(3-6-13(15)16)9-17-12-4-5-12/h3,6-7,11-12,14,17-18H,2,4-5,8-9H2,1H3. The topological polar surface area (TPSA) is 58.2 Å². The summed E-state index contributed by atoms with van der Waals surface area (Å²) in [5.74, 6) is 0.498. The second kappa shape index (κ2) is 5.99. The van der Waals surface area contributed by atoms with Gasteiger partial charge in [-0.25, -0.2) is 13.1 Å². The molecule has 3 rings (SSSR count). The highest BCUT2D eigenvalue weighted by Crippen LogP contribution is 2.35. The van der Waals surface area contributed by atoms with E-state index in [0.717, 1.165) is 24.9 Å². The van der Waals surface area contributed by atoms with E-state index in [1.54, 1.807) is 6.07 Å². The van der Waals surface area contributed by atoms with E-state index in [2.05, 4.69) is 32.9 Å². The fourth-order valence-corrected chi connectivity index (χ4v) is 4.85. The third kappa shape index (κ3) is 3.86. The minimum absolute atomic E-state index is 0.111. The van der Waals surface area contributed by atoms with Gasteiger partial charge in [0.25, 0.3) is 0 Å². The first-order valence-corrected chi connectivity index (χ1v) is 9.81. The molecule has 1 aromatic carbocycles. The van der Waals surface area contributed by atoms with Crippen LogP contribution in [0.5, 0.6) is 0 Å². The van der Waals surface area contributed by atoms with E-state index < -0.39 is 10.0 Å². The molecule has 1 aromatic rings. The van der Waals surface area contributed by atoms with Crippen LogP contribution in [0.3, 0.4) is 0 Å². The maximum atomic E-state index is 12.5. The van der Waals surface area contributed by atoms with Crippen molar-refractivity contribution in [2.45, 2.75) is 56.1 Å². The van der Waals surface area contributed by atoms with Gasteiger partial charge >= 0.3 is 0 Å². The molecule has 0 spiro atoms. The van der Waals surface area contributed by atoms with Gasteiger partial charge in [-0.2, -0.15) is 0 Å². The Morgan fingerprint density at radius 2 is 2.10 bits per heavy atom. The highest BCUT2D eigenvalue weighted by atomic mass is 79.9. The monoisotopic (exact) mass is 372 g/mol. The van der Waals surface area contributed by atoms with Gasteiger partial charge in [-0.05, 0) is 58.8 Å². The molecule has 0 bridgehead atoms. The molecule has 0 saturated heterocycles. The van der Waals surface area contributed by atoms with Gasteiger partial charge in [0.1, 0.15) is 0 Å². The molecule has 0 radical (unpaired) electrons. The van der Waals surface area contributed by atoms with Crippen LogP contribution < -0.4 is 10.0 Å². The first-order chi connectivity index (χ1) is 9.99. The summed E-state index contributed by atoms with van der Waals surface area (Å²) in [7, 11) is -3.44. The Hall–Kier alpha value is -0.430. The Bertz CT molecular complexity index is 629. The second-order valence-electron chi connectivity index (χ2n) is 6.05. The Morgan fingerprint density at radius 3 is 2.71 bits per heavy atom. The minimum Gasteiger partial charge on any atom is -0.310 e. The number of hydrogen-bond donors (Lipinski definition) is 2. The average molecular weight is 373 g/mol. The normalized spacial score (nSPS) is 25.0. The van der Waals surface area contributed by atoms with Gasteiger partial charge in [0.15, 0.2) is 0 Å². The molecule has 0 aliphatic heterocycles. The predicted octanol–water partition coefficient (Wildman–Crippen LogP) is 2.78. The molecule has 2 atom stereocenters. The second-order valence-corrected chi connectivity index (χ2v) is 8.59. The predicted molar refractivity (Wildman–Crippen MR) is 86.5 cm³/mol. The summed E-state index contributed by atoms with van der Waals surface area (Å²) < 4.78 is 28.5. The molecule has 2 aliphatic carbocycles. The van der Waals surface area contributed by atoms with E-state index >= 15 is 0 Å². The average Bonchev–Trinajstić information content (AvgIpc) is 3.33. The van der Waals surface area contributed by atoms with Crippen molar-refractivity contribution in [2.24, 2.45) is 5.92 Å². The third-order valence-corrected chi connectivity index (χ3v) is 6.69. The van der Waals surface area contributed by atoms with Crippen LogP contribution in [0, 0.1) is 5.92 Å². The highest BCUT2D eigenvalue weighted by Gasteiger charge is 2.39. The van der Waals surface area contributed by atoms with Gasteiger partial charge in [-0.1, -0.05) is 19.4 Å². The van der Waals surface area contributed by atoms with Crippen LogP contribution >= 0.6 is 15.9 Å². The lowest BCUT2D eigenvalue weighted by molar-refractivity contribution is 0.575. The van der Waals surface area contributed by atoms with E-state index in [4.69, 9.17) is 0 Å². The van der Waals surface area contributed by atoms with E-state index in [-0.39, 0.29) is 6.04 Å². The fraction of sp³-hybridized carbons (Fsp3) is 0.600. The maximum absolute atomic E-state index is 12.5. The van der Waals surface area contributed by atoms with Gasteiger partial charge in [-0.15, -0.1) is 0 Å². The molecule has 2 aliphatic rings. The molecule has 0 amide bonds. The Kier molecular flexibility index (Phi) is 4.41. The smallest absolute Gasteiger partial charge is 0.241 e. The first kappa shape index (κ1) is 15.5. The van der Waals surface area contributed by atoms with Crippen molar-refractivity contribution >= 4 is 26.0 Å². The lowest BCUT2D eigenvalue weighted by Gasteiger charge is -2.11. The van der Waals surface area contributed by atoms with Crippen molar-refractivity contribution in [3.8, 4) is 0 Å². The molecule has 2 N–H and O–H groups in total. The lowest BCUT2D eigenvalue weighted by atomic mass is 10.2. The van der Waals surface area contributed by atoms with E-state index in [1.807, 2.05) is 12.1 Å². The van der Waals surface area contributed by atoms with Gasteiger partial charge in [-0.3, -0.25) is 0 Å². The summed E-state index contributed by atoms with van der Waals surface area (Å²) in [4.78, 5) is 0.347. The summed E-state index contributed by atoms with van der Waals surface area (Å²) in [5.41, 5.74) is 1.01. The van der Waals surface area contributed by atoms with Crippen LogP contribution in [0.4, 0.5) is 0 Å². The van der Waals surface area contributed by atoms with Crippen molar-refractivity contribution in [1.29, 1.82) is 0 Å². The van der Waals surface area contributed by atoms with Crippen LogP contribution in [0.2, 0.25) is 0 Å². The molecule has 4 nitrogen and oxygen atoms in total. The Balaban J connectivity index is 1.74. The molecule has 2 fully saturated rings. The minimum atomic E-state index is -3.44. The summed E-state index contributed by atoms with van der Waals surface area (Å²) in [6, 6.07) is 6.28. The Labute approximate surface area is 134 Å². The number of sulfonamides is 1. The van der Waals surface area contributed by atoms with Crippen LogP contribution in [-0.4, -0.2) is 20.5 Å². The van der Waals surface area contributed by atoms with Crippen LogP contribution in [-0.2, 0) is 16.6 Å². The number of hydrogen-bond acceptors (Lipinski definition) is 3. The SMILES string of the molecule is CCC1CC1NS(=O)(=O)c1cc(CNC2CC2)ccc1Br. The van der Waals surface area contributed by atoms with Gasteiger partial charge in [0.05, 0.1) is 4.90 Å². The van der Waals surface area contributed by atoms with Crippen molar-refractivity contribution in [1.82, 2.24) is 10.0 Å². The first-order valence-electron chi connectivity index (χ1n) is 7.53. The lowest BCUT2D eigenvalue weighted by Crippen LogP contribution is -2.27. The number of nitrogens with one attached hydrogen (secondary N) is 2. The van der Waals surface area contributed by atoms with Crippen molar-refractivity contribution in [2.75, 3.05) is 0 Å². The summed E-state index contributed by atoms with van der Waals surface area (Å²) >= 11 is 3.36. The largest absolute Gasteiger partial charge is 0.310 e. The third-order valence-electron chi connectivity index (χ3n) is 4.21. The maximum Gasteiger partial charge on any atom is 0.241 e. The van der Waals surface area contributed by atoms with Crippen LogP contribution in [0.15, 0.2) is 27.6 Å². The van der Waals surface area contributed by atoms with Gasteiger partial charge in [0, 0.05) is 23.1 Å². The number of benzene rings is 1. The molecule has 116 valence electrons. The van der Waals surface area contributed by atoms with Crippen LogP contribution in [0.1, 0.15) is 38.2 Å². The zero-order chi connectivity index (χ0) is 15.0. The summed E-state index contributed by atoms with van der Waals surface area (Å²) in [5, 5.41) is 3.41. The molecule has 2 unspecified atom stereocenters. The van der Waals surface area contributed by atoms with Gasteiger partial charge in [0.2, 0.25) is 10.0 Å². The van der Waals surface area contributed by atoms with E-state index in [0.29, 0.717) is 21.3 Å². The summed E-state index contributed by atoms with van der Waals surface area (Å²) in [6.07, 6.45) is 4.43. The molecule has 0 heterocycles. The number of halogens is 1. The van der Waals surface area contributed by atoms with E-state index in [1.165, 1.54) is 12.8 Å². The van der Waals surface area contributed by atoms with Crippen LogP contribution in [0.25, 0.3) is 0 Å². The Morgan fingerprint density at radius 1 is 1.33 bits per heavy atom. The van der Waals surface area contributed by atoms with E-state index in [9.17, 15) is 8.42 Å². The highest BCUT2D eigenvalue weighted by molar-refractivity contribution is 9.10. The van der Waals surface area contributed by atoms with Gasteiger partial charge < -0.3 is 5.32 Å². The van der Waals surface area contributed by atoms with Crippen molar-refractivity contribution < 1.29 is 8.42 Å². The quantitative estimate of drug-likeness (QED) is 0.773. The van der Waals surface area contributed by atoms with Crippen molar-refractivity contribution in [3.05, 3.63) is 28.2 Å². The zero-order valence-electron chi connectivity index (χ0n) is 12.1. The molecular formula is C15H21BrN2O2S. The molecule has 0 aromatic heterocycles. The molecular weight excluding hydrogens is 352 g/mol. The number of rotatable bonds is 7. The molecule has 2 saturated carbocycles. The fourth-order valence-electron chi connectivity index (χ4n) is 2.52. The summed E-state index contributed by atoms with van der Waals surface area (Å²) in [6.45, 7) is 2.82. The molecule has 21 heavy (non-hydrogen) atoms. The molecule has 6 heteroatoms. The van der Waals surface area contributed by atoms with Crippen molar-refractivity contribution in [3.63, 3.8) is 0 Å².